The maximum Gasteiger partial charge on any atom is 0.0653 e. The number of hydrogen-bond acceptors (Lipinski definition) is 3. The molecular weight excluding hydrogens is 274 g/mol. The Hall–Kier alpha value is -1.39. The molecule has 1 aromatic heterocycles. The van der Waals surface area contributed by atoms with E-state index in [9.17, 15) is 0 Å². The second kappa shape index (κ2) is 5.67. The minimum atomic E-state index is 0.408. The monoisotopic (exact) mass is 299 g/mol. The number of ether oxygens (including phenoxy) is 1. The molecule has 2 aromatic rings. The zero-order chi connectivity index (χ0) is 15.0. The molecule has 0 unspecified atom stereocenters. The van der Waals surface area contributed by atoms with Crippen molar-refractivity contribution < 1.29 is 4.74 Å². The molecule has 4 nitrogen and oxygen atoms in total. The highest BCUT2D eigenvalue weighted by molar-refractivity contribution is 5.78. The van der Waals surface area contributed by atoms with E-state index >= 15 is 0 Å². The zero-order valence-corrected chi connectivity index (χ0v) is 13.3. The van der Waals surface area contributed by atoms with E-state index in [4.69, 9.17) is 4.74 Å². The number of piperidine rings is 1. The molecule has 1 aliphatic carbocycles. The average Bonchev–Trinajstić information content (AvgIpc) is 3.13. The predicted molar refractivity (Wildman–Crippen MR) is 87.7 cm³/mol. The van der Waals surface area contributed by atoms with Crippen LogP contribution in [0.1, 0.15) is 37.7 Å². The van der Waals surface area contributed by atoms with Gasteiger partial charge in [0.25, 0.3) is 0 Å². The zero-order valence-electron chi connectivity index (χ0n) is 13.3. The Bertz CT molecular complexity index is 653. The predicted octanol–water partition coefficient (Wildman–Crippen LogP) is 3.34. The molecule has 1 N–H and O–H groups in total. The summed E-state index contributed by atoms with van der Waals surface area (Å²) < 4.78 is 5.81. The lowest BCUT2D eigenvalue weighted by Crippen LogP contribution is -2.47. The van der Waals surface area contributed by atoms with E-state index in [-0.39, 0.29) is 0 Å². The van der Waals surface area contributed by atoms with E-state index in [1.807, 2.05) is 13.3 Å². The summed E-state index contributed by atoms with van der Waals surface area (Å²) in [4.78, 5) is 2.62. The number of aromatic amines is 1. The van der Waals surface area contributed by atoms with Crippen LogP contribution in [-0.2, 0) is 11.3 Å². The number of methoxy groups -OCH3 is 1. The normalized spacial score (nSPS) is 29.6. The van der Waals surface area contributed by atoms with Gasteiger partial charge < -0.3 is 4.74 Å². The number of aromatic nitrogens is 2. The standard InChI is InChI=1S/C18H25N3O/c1-22-17-4-2-7-18(17)8-3-9-21(13-18)12-14-5-6-15-11-19-20-16(15)10-14/h5-6,10-11,17H,2-4,7-9,12-13H2,1H3,(H,19,20)/t17-,18-/m1/s1. The highest BCUT2D eigenvalue weighted by Crippen LogP contribution is 2.46. The minimum absolute atomic E-state index is 0.408. The lowest BCUT2D eigenvalue weighted by atomic mass is 9.76. The van der Waals surface area contributed by atoms with E-state index in [0.29, 0.717) is 11.5 Å². The molecule has 1 saturated heterocycles. The maximum absolute atomic E-state index is 5.81. The van der Waals surface area contributed by atoms with Crippen LogP contribution < -0.4 is 0 Å². The van der Waals surface area contributed by atoms with Gasteiger partial charge >= 0.3 is 0 Å². The molecule has 22 heavy (non-hydrogen) atoms. The number of benzene rings is 1. The summed E-state index contributed by atoms with van der Waals surface area (Å²) in [7, 11) is 1.89. The van der Waals surface area contributed by atoms with Gasteiger partial charge in [0.15, 0.2) is 0 Å². The molecule has 2 heterocycles. The summed E-state index contributed by atoms with van der Waals surface area (Å²) in [6.07, 6.45) is 8.88. The summed E-state index contributed by atoms with van der Waals surface area (Å²) in [6.45, 7) is 3.43. The highest BCUT2D eigenvalue weighted by atomic mass is 16.5. The molecule has 0 bridgehead atoms. The first-order valence-corrected chi connectivity index (χ1v) is 8.46. The van der Waals surface area contributed by atoms with Crippen LogP contribution in [0.5, 0.6) is 0 Å². The van der Waals surface area contributed by atoms with Crippen LogP contribution in [0.4, 0.5) is 0 Å². The Morgan fingerprint density at radius 2 is 2.27 bits per heavy atom. The highest BCUT2D eigenvalue weighted by Gasteiger charge is 2.45. The van der Waals surface area contributed by atoms with Crippen molar-refractivity contribution in [2.45, 2.75) is 44.8 Å². The lowest BCUT2D eigenvalue weighted by Gasteiger charge is -2.43. The first-order valence-electron chi connectivity index (χ1n) is 8.46. The third-order valence-corrected chi connectivity index (χ3v) is 5.71. The number of H-pyrrole nitrogens is 1. The maximum atomic E-state index is 5.81. The summed E-state index contributed by atoms with van der Waals surface area (Å²) in [5.41, 5.74) is 2.92. The van der Waals surface area contributed by atoms with Gasteiger partial charge in [-0.2, -0.15) is 5.10 Å². The fraction of sp³-hybridized carbons (Fsp3) is 0.611. The second-order valence-electron chi connectivity index (χ2n) is 7.08. The molecule has 0 radical (unpaired) electrons. The van der Waals surface area contributed by atoms with Crippen molar-refractivity contribution in [3.05, 3.63) is 30.0 Å². The number of hydrogen-bond donors (Lipinski definition) is 1. The van der Waals surface area contributed by atoms with Gasteiger partial charge in [0, 0.05) is 31.0 Å². The van der Waals surface area contributed by atoms with Crippen LogP contribution in [0, 0.1) is 5.41 Å². The first-order chi connectivity index (χ1) is 10.8. The average molecular weight is 299 g/mol. The van der Waals surface area contributed by atoms with Crippen LogP contribution in [0.2, 0.25) is 0 Å². The van der Waals surface area contributed by atoms with Gasteiger partial charge in [-0.05, 0) is 43.9 Å². The number of nitrogens with zero attached hydrogens (tertiary/aromatic N) is 2. The van der Waals surface area contributed by atoms with Crippen molar-refractivity contribution in [2.75, 3.05) is 20.2 Å². The Kier molecular flexibility index (Phi) is 3.66. The van der Waals surface area contributed by atoms with E-state index < -0.39 is 0 Å². The number of nitrogens with one attached hydrogen (secondary N) is 1. The third kappa shape index (κ3) is 2.44. The summed E-state index contributed by atoms with van der Waals surface area (Å²) >= 11 is 0. The molecule has 2 aliphatic rings. The molecule has 0 amide bonds. The molecule has 2 atom stereocenters. The molecular formula is C18H25N3O. The molecule has 4 heteroatoms. The fourth-order valence-corrected chi connectivity index (χ4v) is 4.68. The van der Waals surface area contributed by atoms with E-state index in [0.717, 1.165) is 12.1 Å². The Labute approximate surface area is 131 Å². The van der Waals surface area contributed by atoms with Crippen LogP contribution in [0.15, 0.2) is 24.4 Å². The molecule has 118 valence electrons. The van der Waals surface area contributed by atoms with E-state index in [1.54, 1.807) is 0 Å². The second-order valence-corrected chi connectivity index (χ2v) is 7.08. The topological polar surface area (TPSA) is 41.1 Å². The largest absolute Gasteiger partial charge is 0.381 e. The van der Waals surface area contributed by atoms with Gasteiger partial charge in [-0.3, -0.25) is 10.00 Å². The molecule has 1 saturated carbocycles. The van der Waals surface area contributed by atoms with Gasteiger partial charge in [-0.1, -0.05) is 18.6 Å². The SMILES string of the molecule is CO[C@@H]1CCC[C@]12CCCN(Cc1ccc3cn[nH]c3c1)C2. The lowest BCUT2D eigenvalue weighted by molar-refractivity contribution is -0.0366. The van der Waals surface area contributed by atoms with Crippen LogP contribution in [-0.4, -0.2) is 41.4 Å². The smallest absolute Gasteiger partial charge is 0.0653 e. The molecule has 1 aromatic carbocycles. The van der Waals surface area contributed by atoms with Crippen LogP contribution in [0.3, 0.4) is 0 Å². The van der Waals surface area contributed by atoms with Gasteiger partial charge in [-0.15, -0.1) is 0 Å². The van der Waals surface area contributed by atoms with Crippen LogP contribution in [0.25, 0.3) is 10.9 Å². The minimum Gasteiger partial charge on any atom is -0.381 e. The van der Waals surface area contributed by atoms with Crippen molar-refractivity contribution in [3.8, 4) is 0 Å². The summed E-state index contributed by atoms with van der Waals surface area (Å²) in [6, 6.07) is 6.65. The van der Waals surface area contributed by atoms with Crippen molar-refractivity contribution in [1.82, 2.24) is 15.1 Å². The quantitative estimate of drug-likeness (QED) is 0.945. The Balaban J connectivity index is 1.50. The van der Waals surface area contributed by atoms with Gasteiger partial charge in [0.05, 0.1) is 17.8 Å². The van der Waals surface area contributed by atoms with Crippen molar-refractivity contribution in [2.24, 2.45) is 5.41 Å². The number of likely N-dealkylation sites (tertiary alicyclic amines) is 1. The van der Waals surface area contributed by atoms with Gasteiger partial charge in [0.2, 0.25) is 0 Å². The van der Waals surface area contributed by atoms with Gasteiger partial charge in [-0.25, -0.2) is 0 Å². The number of rotatable bonds is 3. The third-order valence-electron chi connectivity index (χ3n) is 5.71. The number of fused-ring (bicyclic) bond motifs is 1. The first kappa shape index (κ1) is 14.2. The molecule has 1 spiro atoms. The Morgan fingerprint density at radius 1 is 1.36 bits per heavy atom. The van der Waals surface area contributed by atoms with E-state index in [2.05, 4.69) is 33.3 Å². The van der Waals surface area contributed by atoms with Crippen molar-refractivity contribution >= 4 is 10.9 Å². The van der Waals surface area contributed by atoms with Crippen molar-refractivity contribution in [3.63, 3.8) is 0 Å². The van der Waals surface area contributed by atoms with Crippen molar-refractivity contribution in [1.29, 1.82) is 0 Å². The summed E-state index contributed by atoms with van der Waals surface area (Å²) in [5.74, 6) is 0. The fourth-order valence-electron chi connectivity index (χ4n) is 4.68. The van der Waals surface area contributed by atoms with Gasteiger partial charge in [0.1, 0.15) is 0 Å². The molecule has 4 rings (SSSR count). The molecule has 2 fully saturated rings. The van der Waals surface area contributed by atoms with Crippen LogP contribution >= 0.6 is 0 Å². The van der Waals surface area contributed by atoms with E-state index in [1.165, 1.54) is 56.1 Å². The summed E-state index contributed by atoms with van der Waals surface area (Å²) in [5, 5.41) is 8.38. The Morgan fingerprint density at radius 3 is 3.18 bits per heavy atom. The molecule has 1 aliphatic heterocycles.